The second kappa shape index (κ2) is 6.89. The van der Waals surface area contributed by atoms with Crippen molar-refractivity contribution in [3.63, 3.8) is 0 Å². The van der Waals surface area contributed by atoms with Crippen LogP contribution >= 0.6 is 24.8 Å². The molecule has 0 spiro atoms. The van der Waals surface area contributed by atoms with E-state index in [9.17, 15) is 0 Å². The molecule has 2 unspecified atom stereocenters. The van der Waals surface area contributed by atoms with Crippen molar-refractivity contribution in [2.24, 2.45) is 0 Å². The van der Waals surface area contributed by atoms with Crippen molar-refractivity contribution in [2.75, 3.05) is 0 Å². The average molecular weight is 425 g/mol. The Morgan fingerprint density at radius 2 is 1.70 bits per heavy atom. The SMILES string of the molecule is Cl.Cl.[CH2]=[Zr]([CH3])([c]1cc2ccccc2[nH]1)[CH]1C=Cc2ccccc21. The molecular weight excluding hydrogens is 404 g/mol. The van der Waals surface area contributed by atoms with Crippen LogP contribution in [0.2, 0.25) is 4.63 Å². The molecule has 0 saturated carbocycles. The van der Waals surface area contributed by atoms with Gasteiger partial charge in [0, 0.05) is 0 Å². The fraction of sp³-hybridized carbons (Fsp3) is 0.105. The van der Waals surface area contributed by atoms with Crippen molar-refractivity contribution >= 4 is 49.4 Å². The number of hydrogen-bond acceptors (Lipinski definition) is 0. The quantitative estimate of drug-likeness (QED) is 0.593. The van der Waals surface area contributed by atoms with E-state index in [0.29, 0.717) is 3.63 Å². The van der Waals surface area contributed by atoms with Crippen LogP contribution in [0.4, 0.5) is 0 Å². The van der Waals surface area contributed by atoms with Crippen molar-refractivity contribution in [1.82, 2.24) is 4.98 Å². The molecule has 1 aliphatic carbocycles. The van der Waals surface area contributed by atoms with E-state index in [1.807, 2.05) is 0 Å². The first-order chi connectivity index (χ1) is 10.2. The fourth-order valence-corrected chi connectivity index (χ4v) is 10.0. The summed E-state index contributed by atoms with van der Waals surface area (Å²) in [5.41, 5.74) is 4.06. The first-order valence-electron chi connectivity index (χ1n) is 7.37. The van der Waals surface area contributed by atoms with Gasteiger partial charge in [0.15, 0.2) is 0 Å². The van der Waals surface area contributed by atoms with Gasteiger partial charge in [0.1, 0.15) is 0 Å². The average Bonchev–Trinajstić information content (AvgIpc) is 3.11. The zero-order valence-electron chi connectivity index (χ0n) is 13.0. The summed E-state index contributed by atoms with van der Waals surface area (Å²) in [6.07, 6.45) is 4.64. The molecule has 3 aromatic rings. The Balaban J connectivity index is 0.000000960. The number of aromatic amines is 1. The summed E-state index contributed by atoms with van der Waals surface area (Å²) >= 11 is -2.73. The number of H-pyrrole nitrogens is 1. The van der Waals surface area contributed by atoms with E-state index in [4.69, 9.17) is 4.21 Å². The number of allylic oxidation sites excluding steroid dienone is 1. The molecule has 1 heterocycles. The van der Waals surface area contributed by atoms with Gasteiger partial charge in [0.05, 0.1) is 0 Å². The predicted octanol–water partition coefficient (Wildman–Crippen LogP) is 5.04. The number of aromatic nitrogens is 1. The Labute approximate surface area is 153 Å². The third-order valence-corrected chi connectivity index (χ3v) is 12.9. The first-order valence-corrected chi connectivity index (χ1v) is 14.2. The molecule has 1 aromatic heterocycles. The van der Waals surface area contributed by atoms with Gasteiger partial charge < -0.3 is 0 Å². The minimum absolute atomic E-state index is 0. The molecule has 2 aromatic carbocycles. The van der Waals surface area contributed by atoms with E-state index < -0.39 is 19.8 Å². The van der Waals surface area contributed by atoms with Gasteiger partial charge in [-0.2, -0.15) is 0 Å². The Morgan fingerprint density at radius 1 is 1.00 bits per heavy atom. The van der Waals surface area contributed by atoms with Gasteiger partial charge in [0.25, 0.3) is 0 Å². The molecule has 119 valence electrons. The van der Waals surface area contributed by atoms with Crippen molar-refractivity contribution in [2.45, 2.75) is 8.26 Å². The van der Waals surface area contributed by atoms with Crippen LogP contribution in [-0.2, 0) is 19.8 Å². The molecule has 2 atom stereocenters. The number of benzene rings is 2. The van der Waals surface area contributed by atoms with Crippen LogP contribution in [0.25, 0.3) is 17.0 Å². The summed E-state index contributed by atoms with van der Waals surface area (Å²) in [7, 11) is 0. The molecule has 1 nitrogen and oxygen atoms in total. The van der Waals surface area contributed by atoms with Crippen molar-refractivity contribution < 1.29 is 19.8 Å². The van der Waals surface area contributed by atoms with Crippen molar-refractivity contribution in [3.05, 3.63) is 71.8 Å². The monoisotopic (exact) mass is 422 g/mol. The minimum atomic E-state index is -2.73. The molecule has 0 bridgehead atoms. The number of fused-ring (bicyclic) bond motifs is 2. The van der Waals surface area contributed by atoms with Crippen LogP contribution in [0, 0.1) is 0 Å². The summed E-state index contributed by atoms with van der Waals surface area (Å²) in [6, 6.07) is 19.6. The van der Waals surface area contributed by atoms with E-state index in [1.54, 1.807) is 0 Å². The van der Waals surface area contributed by atoms with Gasteiger partial charge in [-0.3, -0.25) is 0 Å². The van der Waals surface area contributed by atoms with Gasteiger partial charge in [-0.1, -0.05) is 0 Å². The van der Waals surface area contributed by atoms with E-state index in [2.05, 4.69) is 76.4 Å². The zero-order chi connectivity index (χ0) is 14.4. The normalized spacial score (nSPS) is 17.9. The maximum atomic E-state index is 4.74. The Hall–Kier alpha value is -0.947. The Morgan fingerprint density at radius 3 is 2.48 bits per heavy atom. The van der Waals surface area contributed by atoms with E-state index in [-0.39, 0.29) is 24.8 Å². The number of para-hydroxylation sites is 1. The van der Waals surface area contributed by atoms with Crippen LogP contribution in [0.15, 0.2) is 60.7 Å². The third kappa shape index (κ3) is 3.05. The molecule has 4 heteroatoms. The van der Waals surface area contributed by atoms with Crippen LogP contribution in [0.5, 0.6) is 0 Å². The first kappa shape index (κ1) is 18.4. The summed E-state index contributed by atoms with van der Waals surface area (Å²) < 4.78 is 9.09. The summed E-state index contributed by atoms with van der Waals surface area (Å²) in [5, 5.41) is 1.30. The van der Waals surface area contributed by atoms with Gasteiger partial charge in [0.2, 0.25) is 0 Å². The van der Waals surface area contributed by atoms with Crippen molar-refractivity contribution in [1.29, 1.82) is 0 Å². The fourth-order valence-electron chi connectivity index (χ4n) is 3.35. The van der Waals surface area contributed by atoms with E-state index in [1.165, 1.54) is 25.4 Å². The molecule has 0 fully saturated rings. The van der Waals surface area contributed by atoms with Crippen LogP contribution in [0.1, 0.15) is 14.8 Å². The van der Waals surface area contributed by atoms with Gasteiger partial charge >= 0.3 is 129 Å². The number of rotatable bonds is 2. The second-order valence-electron chi connectivity index (χ2n) is 6.15. The molecule has 23 heavy (non-hydrogen) atoms. The molecule has 1 N–H and O–H groups in total. The number of halogens is 2. The molecule has 0 saturated heterocycles. The van der Waals surface area contributed by atoms with Gasteiger partial charge in [-0.15, -0.1) is 24.8 Å². The molecule has 4 rings (SSSR count). The standard InChI is InChI=1S/C9H7.C8H6N.CH3.CH2.2ClH.Zr/c1-2-5-9-7-3-6-8(9)4-1;1-2-4-8-7(3-1)5-6-9-8;;;;;/h1-7H;1-5,9H;1H3;1H2;2*1H;. The zero-order valence-corrected chi connectivity index (χ0v) is 17.0. The molecule has 0 aliphatic heterocycles. The van der Waals surface area contributed by atoms with Crippen LogP contribution in [-0.4, -0.2) is 9.20 Å². The third-order valence-electron chi connectivity index (χ3n) is 4.63. The van der Waals surface area contributed by atoms with E-state index in [0.717, 1.165) is 0 Å². The molecule has 0 radical (unpaired) electrons. The predicted molar refractivity (Wildman–Crippen MR) is 104 cm³/mol. The number of nitrogens with one attached hydrogen (secondary N) is 1. The van der Waals surface area contributed by atoms with Gasteiger partial charge in [-0.25, -0.2) is 0 Å². The maximum absolute atomic E-state index is 4.74. The van der Waals surface area contributed by atoms with Crippen LogP contribution in [0.3, 0.4) is 0 Å². The summed E-state index contributed by atoms with van der Waals surface area (Å²) in [5.74, 6) is 0. The Bertz CT molecular complexity index is 877. The van der Waals surface area contributed by atoms with Gasteiger partial charge in [-0.05, 0) is 0 Å². The van der Waals surface area contributed by atoms with Crippen LogP contribution < -0.4 is 3.40 Å². The molecular formula is C19H20Cl2NZr. The topological polar surface area (TPSA) is 15.8 Å². The van der Waals surface area contributed by atoms with E-state index >= 15 is 0 Å². The number of hydrogen-bond donors (Lipinski definition) is 1. The molecule has 0 amide bonds. The Kier molecular flexibility index (Phi) is 5.51. The summed E-state index contributed by atoms with van der Waals surface area (Å²) in [6.45, 7) is 0. The molecule has 1 aliphatic rings. The second-order valence-corrected chi connectivity index (χ2v) is 16.0. The van der Waals surface area contributed by atoms with Crippen molar-refractivity contribution in [3.8, 4) is 0 Å². The summed E-state index contributed by atoms with van der Waals surface area (Å²) in [4.78, 5) is 3.64.